The Morgan fingerprint density at radius 1 is 1.16 bits per heavy atom. The van der Waals surface area contributed by atoms with Gasteiger partial charge in [0.15, 0.2) is 0 Å². The number of carbonyl (C=O) groups is 2. The maximum atomic E-state index is 13.7. The number of rotatable bonds is 5. The van der Waals surface area contributed by atoms with Gasteiger partial charge in [0, 0.05) is 12.6 Å². The molecule has 1 heterocycles. The highest BCUT2D eigenvalue weighted by atomic mass is 32.2. The van der Waals surface area contributed by atoms with E-state index in [4.69, 9.17) is 4.74 Å². The van der Waals surface area contributed by atoms with E-state index in [1.54, 1.807) is 19.1 Å². The van der Waals surface area contributed by atoms with Crippen LogP contribution in [0.2, 0.25) is 0 Å². The van der Waals surface area contributed by atoms with Gasteiger partial charge >= 0.3 is 0 Å². The number of benzene rings is 1. The molecule has 0 unspecified atom stereocenters. The van der Waals surface area contributed by atoms with Crippen molar-refractivity contribution in [3.8, 4) is 5.75 Å². The average Bonchev–Trinajstić information content (AvgIpc) is 2.68. The second kappa shape index (κ2) is 9.79. The number of amides is 2. The molecule has 1 aliphatic heterocycles. The third-order valence-electron chi connectivity index (χ3n) is 6.51. The molecule has 178 valence electrons. The van der Waals surface area contributed by atoms with Crippen LogP contribution in [0.5, 0.6) is 5.75 Å². The molecule has 1 aromatic rings. The van der Waals surface area contributed by atoms with Crippen molar-refractivity contribution in [2.75, 3.05) is 31.4 Å². The van der Waals surface area contributed by atoms with Crippen molar-refractivity contribution in [2.45, 2.75) is 70.4 Å². The van der Waals surface area contributed by atoms with Crippen molar-refractivity contribution in [3.63, 3.8) is 0 Å². The maximum absolute atomic E-state index is 13.7. The van der Waals surface area contributed by atoms with Crippen LogP contribution in [-0.2, 0) is 19.6 Å². The molecule has 2 aliphatic rings. The fourth-order valence-electron chi connectivity index (χ4n) is 4.69. The largest absolute Gasteiger partial charge is 0.495 e. The molecule has 1 saturated heterocycles. The second-order valence-electron chi connectivity index (χ2n) is 9.22. The predicted molar refractivity (Wildman–Crippen MR) is 124 cm³/mol. The van der Waals surface area contributed by atoms with Gasteiger partial charge in [-0.25, -0.2) is 8.42 Å². The molecule has 1 aromatic carbocycles. The highest BCUT2D eigenvalue weighted by Crippen LogP contribution is 2.37. The van der Waals surface area contributed by atoms with Gasteiger partial charge in [0.2, 0.25) is 21.8 Å². The number of ether oxygens (including phenoxy) is 1. The number of sulfonamides is 1. The predicted octanol–water partition coefficient (Wildman–Crippen LogP) is 2.60. The van der Waals surface area contributed by atoms with Gasteiger partial charge in [-0.15, -0.1) is 0 Å². The normalized spacial score (nSPS) is 24.0. The lowest BCUT2D eigenvalue weighted by Gasteiger charge is -2.47. The van der Waals surface area contributed by atoms with Gasteiger partial charge in [-0.3, -0.25) is 14.5 Å². The summed E-state index contributed by atoms with van der Waals surface area (Å²) in [6, 6.07) is 5.44. The molecular weight excluding hydrogens is 430 g/mol. The lowest BCUT2D eigenvalue weighted by molar-refractivity contribution is -0.133. The molecular formula is C23H35N3O5S. The summed E-state index contributed by atoms with van der Waals surface area (Å²) in [5.41, 5.74) is -0.0372. The molecule has 1 saturated carbocycles. The van der Waals surface area contributed by atoms with E-state index in [0.29, 0.717) is 11.4 Å². The smallest absolute Gasteiger partial charge is 0.247 e. The average molecular weight is 466 g/mol. The van der Waals surface area contributed by atoms with E-state index in [-0.39, 0.29) is 25.0 Å². The first-order valence-corrected chi connectivity index (χ1v) is 13.1. The highest BCUT2D eigenvalue weighted by Gasteiger charge is 2.51. The number of hydrogen-bond acceptors (Lipinski definition) is 5. The summed E-state index contributed by atoms with van der Waals surface area (Å²) in [4.78, 5) is 28.5. The molecule has 0 spiro atoms. The van der Waals surface area contributed by atoms with Crippen LogP contribution < -0.4 is 15.0 Å². The minimum absolute atomic E-state index is 0.0181. The lowest BCUT2D eigenvalue weighted by Crippen LogP contribution is -2.70. The third kappa shape index (κ3) is 5.26. The van der Waals surface area contributed by atoms with E-state index in [1.165, 1.54) is 18.4 Å². The Morgan fingerprint density at radius 2 is 1.78 bits per heavy atom. The Morgan fingerprint density at radius 3 is 2.38 bits per heavy atom. The summed E-state index contributed by atoms with van der Waals surface area (Å²) in [5, 5.41) is 3.15. The summed E-state index contributed by atoms with van der Waals surface area (Å²) < 4.78 is 31.3. The van der Waals surface area contributed by atoms with Gasteiger partial charge in [0.05, 0.1) is 25.6 Å². The van der Waals surface area contributed by atoms with Crippen LogP contribution in [0.1, 0.15) is 57.4 Å². The maximum Gasteiger partial charge on any atom is 0.247 e. The fourth-order valence-corrected chi connectivity index (χ4v) is 5.52. The Hall–Kier alpha value is -2.13. The van der Waals surface area contributed by atoms with Crippen LogP contribution in [0.15, 0.2) is 18.2 Å². The molecule has 1 N–H and O–H groups in total. The Bertz CT molecular complexity index is 956. The SMILES string of the molecule is COc1ccc(C)cc1N1C(=O)CN(S(C)(=O)=O)C[C@@]1(C)C(=O)NC1CCCCCCC1. The van der Waals surface area contributed by atoms with Gasteiger partial charge in [0.25, 0.3) is 0 Å². The van der Waals surface area contributed by atoms with Gasteiger partial charge in [-0.2, -0.15) is 4.31 Å². The summed E-state index contributed by atoms with van der Waals surface area (Å²) in [5.74, 6) is -0.337. The van der Waals surface area contributed by atoms with Crippen molar-refractivity contribution >= 4 is 27.5 Å². The number of hydrogen-bond donors (Lipinski definition) is 1. The first kappa shape index (κ1) is 24.5. The van der Waals surface area contributed by atoms with Crippen LogP contribution in [0.4, 0.5) is 5.69 Å². The number of aryl methyl sites for hydroxylation is 1. The minimum Gasteiger partial charge on any atom is -0.495 e. The van der Waals surface area contributed by atoms with Gasteiger partial charge in [-0.05, 0) is 44.4 Å². The molecule has 0 aromatic heterocycles. The lowest BCUT2D eigenvalue weighted by atomic mass is 9.91. The number of piperazine rings is 1. The van der Waals surface area contributed by atoms with Crippen molar-refractivity contribution in [1.29, 1.82) is 0 Å². The molecule has 3 rings (SSSR count). The van der Waals surface area contributed by atoms with E-state index < -0.39 is 21.5 Å². The van der Waals surface area contributed by atoms with E-state index >= 15 is 0 Å². The van der Waals surface area contributed by atoms with Crippen LogP contribution >= 0.6 is 0 Å². The minimum atomic E-state index is -3.66. The molecule has 1 aliphatic carbocycles. The van der Waals surface area contributed by atoms with Crippen LogP contribution in [0, 0.1) is 6.92 Å². The summed E-state index contributed by atoms with van der Waals surface area (Å²) in [6.07, 6.45) is 8.45. The topological polar surface area (TPSA) is 96.0 Å². The van der Waals surface area contributed by atoms with Crippen molar-refractivity contribution in [2.24, 2.45) is 0 Å². The number of anilines is 1. The Labute approximate surface area is 191 Å². The van der Waals surface area contributed by atoms with Crippen LogP contribution in [0.3, 0.4) is 0 Å². The monoisotopic (exact) mass is 465 g/mol. The molecule has 32 heavy (non-hydrogen) atoms. The summed E-state index contributed by atoms with van der Waals surface area (Å²) >= 11 is 0. The number of carbonyl (C=O) groups excluding carboxylic acids is 2. The number of nitrogens with zero attached hydrogens (tertiary/aromatic N) is 2. The number of nitrogens with one attached hydrogen (secondary N) is 1. The van der Waals surface area contributed by atoms with Gasteiger partial charge < -0.3 is 10.1 Å². The number of methoxy groups -OCH3 is 1. The zero-order valence-corrected chi connectivity index (χ0v) is 20.3. The van der Waals surface area contributed by atoms with E-state index in [2.05, 4.69) is 5.32 Å². The zero-order chi connectivity index (χ0) is 23.5. The van der Waals surface area contributed by atoms with Crippen molar-refractivity contribution in [1.82, 2.24) is 9.62 Å². The van der Waals surface area contributed by atoms with Crippen molar-refractivity contribution in [3.05, 3.63) is 23.8 Å². The molecule has 0 radical (unpaired) electrons. The Kier molecular flexibility index (Phi) is 7.50. The summed E-state index contributed by atoms with van der Waals surface area (Å²) in [7, 11) is -2.15. The molecule has 1 atom stereocenters. The van der Waals surface area contributed by atoms with E-state index in [1.807, 2.05) is 13.0 Å². The third-order valence-corrected chi connectivity index (χ3v) is 7.71. The highest BCUT2D eigenvalue weighted by molar-refractivity contribution is 7.88. The molecule has 0 bridgehead atoms. The molecule has 2 fully saturated rings. The fraction of sp³-hybridized carbons (Fsp3) is 0.652. The van der Waals surface area contributed by atoms with Crippen molar-refractivity contribution < 1.29 is 22.7 Å². The standard InChI is InChI=1S/C23H35N3O5S/c1-17-12-13-20(31-3)19(14-17)26-21(27)15-25(32(4,29)30)16-23(26,2)22(28)24-18-10-8-6-5-7-9-11-18/h12-14,18H,5-11,15-16H2,1-4H3,(H,24,28)/t23-/m0/s1. The van der Waals surface area contributed by atoms with Crippen LogP contribution in [0.25, 0.3) is 0 Å². The summed E-state index contributed by atoms with van der Waals surface area (Å²) in [6.45, 7) is 3.10. The second-order valence-corrected chi connectivity index (χ2v) is 11.2. The first-order chi connectivity index (χ1) is 15.1. The van der Waals surface area contributed by atoms with Crippen LogP contribution in [-0.4, -0.2) is 62.6 Å². The quantitative estimate of drug-likeness (QED) is 0.721. The molecule has 2 amide bonds. The van der Waals surface area contributed by atoms with E-state index in [9.17, 15) is 18.0 Å². The van der Waals surface area contributed by atoms with Gasteiger partial charge in [-0.1, -0.05) is 38.2 Å². The molecule has 8 nitrogen and oxygen atoms in total. The first-order valence-electron chi connectivity index (χ1n) is 11.3. The Balaban J connectivity index is 2.01. The molecule has 9 heteroatoms. The van der Waals surface area contributed by atoms with Gasteiger partial charge in [0.1, 0.15) is 11.3 Å². The van der Waals surface area contributed by atoms with E-state index in [0.717, 1.165) is 54.6 Å². The zero-order valence-electron chi connectivity index (χ0n) is 19.5.